The van der Waals surface area contributed by atoms with Gasteiger partial charge in [-0.3, -0.25) is 4.79 Å². The van der Waals surface area contributed by atoms with E-state index in [2.05, 4.69) is 32.9 Å². The van der Waals surface area contributed by atoms with Crippen molar-refractivity contribution in [3.05, 3.63) is 47.1 Å². The molecule has 0 aliphatic carbocycles. The number of rotatable bonds is 6. The number of carbonyl (C=O) groups excluding carboxylic acids is 1. The molecule has 0 amide bonds. The fourth-order valence-corrected chi connectivity index (χ4v) is 4.12. The van der Waals surface area contributed by atoms with E-state index in [0.717, 1.165) is 24.8 Å². The number of aromatic hydroxyl groups is 1. The minimum Gasteiger partial charge on any atom is -0.508 e. The molecule has 2 aliphatic heterocycles. The third-order valence-electron chi connectivity index (χ3n) is 5.99. The zero-order valence-electron chi connectivity index (χ0n) is 17.8. The molecule has 158 valence electrons. The lowest BCUT2D eigenvalue weighted by atomic mass is 9.78. The van der Waals surface area contributed by atoms with Crippen molar-refractivity contribution in [2.45, 2.75) is 77.6 Å². The molecule has 2 aliphatic rings. The Morgan fingerprint density at radius 1 is 1.24 bits per heavy atom. The molecule has 4 atom stereocenters. The molecule has 4 unspecified atom stereocenters. The highest BCUT2D eigenvalue weighted by Gasteiger charge is 2.51. The molecule has 29 heavy (non-hydrogen) atoms. The molecule has 0 aromatic heterocycles. The summed E-state index contributed by atoms with van der Waals surface area (Å²) in [6.45, 7) is 8.26. The van der Waals surface area contributed by atoms with E-state index in [1.54, 1.807) is 12.1 Å². The number of aliphatic hydroxyl groups is 1. The van der Waals surface area contributed by atoms with Gasteiger partial charge < -0.3 is 19.7 Å². The Morgan fingerprint density at radius 2 is 2.00 bits per heavy atom. The van der Waals surface area contributed by atoms with E-state index in [4.69, 9.17) is 9.47 Å². The van der Waals surface area contributed by atoms with Crippen molar-refractivity contribution < 1.29 is 24.5 Å². The zero-order valence-corrected chi connectivity index (χ0v) is 17.8. The van der Waals surface area contributed by atoms with Gasteiger partial charge in [-0.1, -0.05) is 23.3 Å². The lowest BCUT2D eigenvalue weighted by molar-refractivity contribution is -0.217. The maximum absolute atomic E-state index is 12.4. The number of benzene rings is 1. The van der Waals surface area contributed by atoms with Crippen LogP contribution < -0.4 is 4.74 Å². The van der Waals surface area contributed by atoms with Crippen LogP contribution >= 0.6 is 0 Å². The number of ether oxygens (including phenoxy) is 2. The second-order valence-electron chi connectivity index (χ2n) is 8.76. The van der Waals surface area contributed by atoms with E-state index in [1.807, 2.05) is 6.92 Å². The number of fused-ring (bicyclic) bond motifs is 3. The number of esters is 1. The first kappa shape index (κ1) is 21.6. The maximum Gasteiger partial charge on any atom is 0.317 e. The molecule has 1 fully saturated rings. The van der Waals surface area contributed by atoms with Gasteiger partial charge in [0, 0.05) is 11.6 Å². The summed E-state index contributed by atoms with van der Waals surface area (Å²) in [5.41, 5.74) is 2.67. The van der Waals surface area contributed by atoms with Crippen molar-refractivity contribution in [2.75, 3.05) is 0 Å². The standard InChI is InChI=1S/C24H32O5/c1-15(2)7-5-8-16(3)9-6-12-24(4)21(26)14-19-22(29-24)18-11-10-17(25)13-20(18)28-23(19)27/h7,9-11,13,19,21-22,25-26H,5-6,8,12,14H2,1-4H3. The number of phenolic OH excluding ortho intramolecular Hbond substituents is 1. The second-order valence-corrected chi connectivity index (χ2v) is 8.76. The number of aliphatic hydroxyl groups excluding tert-OH is 1. The van der Waals surface area contributed by atoms with Crippen LogP contribution in [0.3, 0.4) is 0 Å². The first-order valence-corrected chi connectivity index (χ1v) is 10.4. The minimum atomic E-state index is -0.745. The van der Waals surface area contributed by atoms with E-state index in [1.165, 1.54) is 17.2 Å². The van der Waals surface area contributed by atoms with Crippen LogP contribution in [0.5, 0.6) is 11.5 Å². The van der Waals surface area contributed by atoms with Crippen LogP contribution in [0.25, 0.3) is 0 Å². The first-order chi connectivity index (χ1) is 13.7. The van der Waals surface area contributed by atoms with Crippen molar-refractivity contribution in [2.24, 2.45) is 5.92 Å². The van der Waals surface area contributed by atoms with Crippen LogP contribution in [-0.2, 0) is 9.53 Å². The number of hydrogen-bond acceptors (Lipinski definition) is 5. The Labute approximate surface area is 173 Å². The minimum absolute atomic E-state index is 0.0438. The summed E-state index contributed by atoms with van der Waals surface area (Å²) >= 11 is 0. The zero-order chi connectivity index (χ0) is 21.2. The van der Waals surface area contributed by atoms with Gasteiger partial charge in [0.15, 0.2) is 0 Å². The summed E-state index contributed by atoms with van der Waals surface area (Å²) in [6, 6.07) is 4.74. The average molecular weight is 401 g/mol. The predicted octanol–water partition coefficient (Wildman–Crippen LogP) is 4.98. The van der Waals surface area contributed by atoms with E-state index in [0.29, 0.717) is 18.6 Å². The number of phenols is 1. The molecule has 1 aromatic carbocycles. The summed E-state index contributed by atoms with van der Waals surface area (Å²) < 4.78 is 11.7. The Bertz CT molecular complexity index is 821. The number of hydrogen-bond donors (Lipinski definition) is 2. The van der Waals surface area contributed by atoms with Crippen molar-refractivity contribution in [1.29, 1.82) is 0 Å². The van der Waals surface area contributed by atoms with Gasteiger partial charge in [0.2, 0.25) is 0 Å². The molecule has 3 rings (SSSR count). The molecule has 0 bridgehead atoms. The van der Waals surface area contributed by atoms with Gasteiger partial charge in [0.05, 0.1) is 17.6 Å². The highest BCUT2D eigenvalue weighted by Crippen LogP contribution is 2.49. The van der Waals surface area contributed by atoms with E-state index >= 15 is 0 Å². The van der Waals surface area contributed by atoms with Gasteiger partial charge in [0.1, 0.15) is 17.6 Å². The molecule has 2 N–H and O–H groups in total. The summed E-state index contributed by atoms with van der Waals surface area (Å²) in [4.78, 5) is 12.4. The van der Waals surface area contributed by atoms with Gasteiger partial charge in [-0.15, -0.1) is 0 Å². The summed E-state index contributed by atoms with van der Waals surface area (Å²) in [7, 11) is 0. The Morgan fingerprint density at radius 3 is 2.72 bits per heavy atom. The van der Waals surface area contributed by atoms with Crippen LogP contribution in [0.4, 0.5) is 0 Å². The Hall–Kier alpha value is -2.11. The predicted molar refractivity (Wildman–Crippen MR) is 112 cm³/mol. The third-order valence-corrected chi connectivity index (χ3v) is 5.99. The van der Waals surface area contributed by atoms with Crippen LogP contribution in [0.2, 0.25) is 0 Å². The van der Waals surface area contributed by atoms with Gasteiger partial charge in [-0.05, 0) is 71.9 Å². The highest BCUT2D eigenvalue weighted by atomic mass is 16.6. The highest BCUT2D eigenvalue weighted by molar-refractivity contribution is 5.79. The lowest BCUT2D eigenvalue weighted by Crippen LogP contribution is -2.53. The van der Waals surface area contributed by atoms with E-state index in [-0.39, 0.29) is 5.75 Å². The summed E-state index contributed by atoms with van der Waals surface area (Å²) in [6.07, 6.45) is 7.09. The largest absolute Gasteiger partial charge is 0.508 e. The fraction of sp³-hybridized carbons (Fsp3) is 0.542. The van der Waals surface area contributed by atoms with Gasteiger partial charge in [-0.25, -0.2) is 0 Å². The Kier molecular flexibility index (Phi) is 6.49. The molecule has 1 saturated heterocycles. The molecule has 2 heterocycles. The topological polar surface area (TPSA) is 76.0 Å². The van der Waals surface area contributed by atoms with Crippen LogP contribution in [-0.4, -0.2) is 27.9 Å². The van der Waals surface area contributed by atoms with Gasteiger partial charge in [-0.2, -0.15) is 0 Å². The smallest absolute Gasteiger partial charge is 0.317 e. The van der Waals surface area contributed by atoms with Crippen LogP contribution in [0.1, 0.15) is 71.5 Å². The molecule has 5 heteroatoms. The van der Waals surface area contributed by atoms with E-state index in [9.17, 15) is 15.0 Å². The average Bonchev–Trinajstić information content (AvgIpc) is 2.63. The molecule has 0 spiro atoms. The monoisotopic (exact) mass is 400 g/mol. The first-order valence-electron chi connectivity index (χ1n) is 10.4. The molecule has 0 radical (unpaired) electrons. The lowest BCUT2D eigenvalue weighted by Gasteiger charge is -2.47. The summed E-state index contributed by atoms with van der Waals surface area (Å²) in [5, 5.41) is 20.4. The van der Waals surface area contributed by atoms with Gasteiger partial charge >= 0.3 is 5.97 Å². The van der Waals surface area contributed by atoms with Crippen LogP contribution in [0, 0.1) is 5.92 Å². The Balaban J connectivity index is 1.70. The fourth-order valence-electron chi connectivity index (χ4n) is 4.12. The van der Waals surface area contributed by atoms with Crippen molar-refractivity contribution in [3.8, 4) is 11.5 Å². The van der Waals surface area contributed by atoms with Gasteiger partial charge in [0.25, 0.3) is 0 Å². The number of allylic oxidation sites excluding steroid dienone is 4. The normalized spacial score (nSPS) is 28.9. The molecule has 0 saturated carbocycles. The number of carbonyl (C=O) groups is 1. The summed E-state index contributed by atoms with van der Waals surface area (Å²) in [5.74, 6) is -0.562. The molecule has 1 aromatic rings. The molecule has 5 nitrogen and oxygen atoms in total. The van der Waals surface area contributed by atoms with Crippen molar-refractivity contribution in [3.63, 3.8) is 0 Å². The van der Waals surface area contributed by atoms with Crippen molar-refractivity contribution in [1.82, 2.24) is 0 Å². The maximum atomic E-state index is 12.4. The second kappa shape index (κ2) is 8.72. The SMILES string of the molecule is CC(C)=CCCC(C)=CCCC1(C)OC2c3ccc(O)cc3OC(=O)C2CC1O. The molecular weight excluding hydrogens is 368 g/mol. The molecular formula is C24H32O5. The quantitative estimate of drug-likeness (QED) is 0.400. The van der Waals surface area contributed by atoms with E-state index < -0.39 is 29.7 Å². The van der Waals surface area contributed by atoms with Crippen LogP contribution in [0.15, 0.2) is 41.5 Å². The third kappa shape index (κ3) is 4.90. The van der Waals surface area contributed by atoms with Crippen molar-refractivity contribution >= 4 is 5.97 Å².